The van der Waals surface area contributed by atoms with Crippen molar-refractivity contribution in [3.8, 4) is 0 Å². The Kier molecular flexibility index (Phi) is 9.30. The second kappa shape index (κ2) is 9.83. The molecule has 7 nitrogen and oxygen atoms in total. The van der Waals surface area contributed by atoms with Crippen molar-refractivity contribution >= 4 is 13.8 Å². The molecule has 19 heavy (non-hydrogen) atoms. The van der Waals surface area contributed by atoms with Gasteiger partial charge in [0.05, 0.1) is 13.2 Å². The van der Waals surface area contributed by atoms with Crippen molar-refractivity contribution in [3.63, 3.8) is 0 Å². The number of hydrogen-bond donors (Lipinski definition) is 1. The summed E-state index contributed by atoms with van der Waals surface area (Å²) >= 11 is 0. The molecule has 1 atom stereocenters. The number of oxime groups is 1. The van der Waals surface area contributed by atoms with Gasteiger partial charge in [0.1, 0.15) is 0 Å². The Morgan fingerprint density at radius 1 is 1.42 bits per heavy atom. The highest BCUT2D eigenvalue weighted by molar-refractivity contribution is 7.67. The lowest BCUT2D eigenvalue weighted by Gasteiger charge is -2.15. The molecule has 0 heterocycles. The van der Waals surface area contributed by atoms with Gasteiger partial charge in [0.15, 0.2) is 5.45 Å². The fourth-order valence-electron chi connectivity index (χ4n) is 1.34. The predicted molar refractivity (Wildman–Crippen MR) is 74.2 cm³/mol. The summed E-state index contributed by atoms with van der Waals surface area (Å²) in [5, 5.41) is 23.0. The van der Waals surface area contributed by atoms with Crippen LogP contribution in [0.2, 0.25) is 0 Å². The van der Waals surface area contributed by atoms with Crippen LogP contribution in [0.25, 0.3) is 0 Å². The van der Waals surface area contributed by atoms with Crippen LogP contribution in [0.1, 0.15) is 34.1 Å². The topological polar surface area (TPSA) is 94.2 Å². The largest absolute Gasteiger partial charge is 0.410 e. The number of nitrogens with zero attached hydrogens (tertiary/aromatic N) is 2. The monoisotopic (exact) mass is 292 g/mol. The fourth-order valence-corrected chi connectivity index (χ4v) is 2.49. The zero-order valence-electron chi connectivity index (χ0n) is 11.7. The summed E-state index contributed by atoms with van der Waals surface area (Å²) in [5.74, 6) is 0. The van der Waals surface area contributed by atoms with E-state index in [2.05, 4.69) is 5.16 Å². The van der Waals surface area contributed by atoms with E-state index < -0.39 is 14.4 Å². The first kappa shape index (κ1) is 18.0. The molecule has 110 valence electrons. The molecule has 8 heteroatoms. The van der Waals surface area contributed by atoms with E-state index in [0.717, 1.165) is 0 Å². The number of allylic oxidation sites excluding steroid dienone is 1. The van der Waals surface area contributed by atoms with Gasteiger partial charge in [0, 0.05) is 17.4 Å². The molecule has 0 bridgehead atoms. The lowest BCUT2D eigenvalue weighted by Crippen LogP contribution is -2.18. The summed E-state index contributed by atoms with van der Waals surface area (Å²) < 4.78 is 10.7. The van der Waals surface area contributed by atoms with Gasteiger partial charge in [-0.3, -0.25) is 10.1 Å². The molecular weight excluding hydrogens is 271 g/mol. The first-order valence-electron chi connectivity index (χ1n) is 6.13. The molecule has 0 radical (unpaired) electrons. The van der Waals surface area contributed by atoms with Crippen molar-refractivity contribution in [1.29, 1.82) is 0 Å². The molecule has 0 aliphatic heterocycles. The third-order valence-electron chi connectivity index (χ3n) is 2.36. The Morgan fingerprint density at radius 2 is 1.95 bits per heavy atom. The molecule has 1 N–H and O–H groups in total. The normalized spacial score (nSPS) is 14.8. The van der Waals surface area contributed by atoms with Crippen LogP contribution in [-0.2, 0) is 9.05 Å². The van der Waals surface area contributed by atoms with E-state index in [-0.39, 0.29) is 10.4 Å². The Morgan fingerprint density at radius 3 is 2.26 bits per heavy atom. The number of hydrogen-bond acceptors (Lipinski definition) is 6. The summed E-state index contributed by atoms with van der Waals surface area (Å²) in [4.78, 5) is 10.4. The maximum atomic E-state index is 10.8. The molecule has 0 aromatic carbocycles. The highest BCUT2D eigenvalue weighted by atomic mass is 31.2. The summed E-state index contributed by atoms with van der Waals surface area (Å²) in [6, 6.07) is -0.832. The van der Waals surface area contributed by atoms with E-state index in [1.54, 1.807) is 13.8 Å². The molecule has 0 aliphatic rings. The van der Waals surface area contributed by atoms with Crippen molar-refractivity contribution in [2.24, 2.45) is 5.16 Å². The van der Waals surface area contributed by atoms with Gasteiger partial charge in [-0.25, -0.2) is 0 Å². The highest BCUT2D eigenvalue weighted by Gasteiger charge is 2.22. The molecule has 0 rings (SSSR count). The van der Waals surface area contributed by atoms with Gasteiger partial charge in [0.2, 0.25) is 14.4 Å². The SMILES string of the molecule is CCOP(OCC)C(/C=C(\CC)C(C)[N+](=O)[O-])=N\O. The van der Waals surface area contributed by atoms with E-state index >= 15 is 0 Å². The maximum Gasteiger partial charge on any atom is 0.231 e. The molecule has 0 fully saturated rings. The summed E-state index contributed by atoms with van der Waals surface area (Å²) in [6.45, 7) is 7.72. The van der Waals surface area contributed by atoms with Gasteiger partial charge in [-0.15, -0.1) is 0 Å². The molecular formula is C11H21N2O5P. The number of nitro groups is 1. The smallest absolute Gasteiger partial charge is 0.231 e. The molecule has 0 spiro atoms. The summed E-state index contributed by atoms with van der Waals surface area (Å²) in [6.07, 6.45) is 1.98. The van der Waals surface area contributed by atoms with Crippen LogP contribution in [0.3, 0.4) is 0 Å². The minimum Gasteiger partial charge on any atom is -0.410 e. The van der Waals surface area contributed by atoms with Gasteiger partial charge >= 0.3 is 0 Å². The molecule has 0 saturated heterocycles. The van der Waals surface area contributed by atoms with Crippen LogP contribution < -0.4 is 0 Å². The molecule has 0 amide bonds. The van der Waals surface area contributed by atoms with Crippen molar-refractivity contribution in [1.82, 2.24) is 0 Å². The van der Waals surface area contributed by atoms with Crippen molar-refractivity contribution in [2.75, 3.05) is 13.2 Å². The first-order valence-corrected chi connectivity index (χ1v) is 7.31. The van der Waals surface area contributed by atoms with E-state index in [1.165, 1.54) is 13.0 Å². The second-order valence-electron chi connectivity index (χ2n) is 3.58. The van der Waals surface area contributed by atoms with Crippen LogP contribution in [0.15, 0.2) is 16.8 Å². The Balaban J connectivity index is 5.16. The maximum absolute atomic E-state index is 10.8. The van der Waals surface area contributed by atoms with Gasteiger partial charge in [-0.2, -0.15) is 0 Å². The number of rotatable bonds is 9. The minimum absolute atomic E-state index is 0.198. The summed E-state index contributed by atoms with van der Waals surface area (Å²) in [7, 11) is -1.51. The van der Waals surface area contributed by atoms with Gasteiger partial charge in [-0.1, -0.05) is 12.1 Å². The summed E-state index contributed by atoms with van der Waals surface area (Å²) in [5.41, 5.74) is 0.758. The standard InChI is InChI=1S/C11H21N2O5P/c1-5-10(9(4)13(15)16)8-11(12-14)19(17-6-2)18-7-3/h8-9,14H,5-7H2,1-4H3/b10-8+,12-11-. The molecule has 0 saturated carbocycles. The third-order valence-corrected chi connectivity index (χ3v) is 3.94. The van der Waals surface area contributed by atoms with Crippen LogP contribution in [0.5, 0.6) is 0 Å². The molecule has 1 unspecified atom stereocenters. The van der Waals surface area contributed by atoms with E-state index in [1.807, 2.05) is 6.92 Å². The molecule has 0 aliphatic carbocycles. The van der Waals surface area contributed by atoms with E-state index in [9.17, 15) is 10.1 Å². The molecule has 0 aromatic rings. The lowest BCUT2D eigenvalue weighted by molar-refractivity contribution is -0.507. The van der Waals surface area contributed by atoms with Crippen molar-refractivity contribution < 1.29 is 19.2 Å². The van der Waals surface area contributed by atoms with Crippen molar-refractivity contribution in [2.45, 2.75) is 40.2 Å². The van der Waals surface area contributed by atoms with E-state index in [0.29, 0.717) is 25.2 Å². The van der Waals surface area contributed by atoms with Crippen LogP contribution >= 0.6 is 8.38 Å². The lowest BCUT2D eigenvalue weighted by atomic mass is 10.1. The van der Waals surface area contributed by atoms with Gasteiger partial charge < -0.3 is 14.3 Å². The molecule has 0 aromatic heterocycles. The fraction of sp³-hybridized carbons (Fsp3) is 0.727. The zero-order chi connectivity index (χ0) is 14.8. The quantitative estimate of drug-likeness (QED) is 0.231. The van der Waals surface area contributed by atoms with Crippen LogP contribution in [0, 0.1) is 10.1 Å². The van der Waals surface area contributed by atoms with Gasteiger partial charge in [-0.05, 0) is 26.3 Å². The van der Waals surface area contributed by atoms with Crippen LogP contribution in [-0.4, -0.2) is 34.8 Å². The average molecular weight is 292 g/mol. The minimum atomic E-state index is -1.51. The van der Waals surface area contributed by atoms with Crippen LogP contribution in [0.4, 0.5) is 0 Å². The average Bonchev–Trinajstić information content (AvgIpc) is 2.39. The third kappa shape index (κ3) is 6.09. The predicted octanol–water partition coefficient (Wildman–Crippen LogP) is 3.16. The Bertz CT molecular complexity index is 340. The van der Waals surface area contributed by atoms with E-state index in [4.69, 9.17) is 14.3 Å². The second-order valence-corrected chi connectivity index (χ2v) is 5.07. The van der Waals surface area contributed by atoms with Crippen molar-refractivity contribution in [3.05, 3.63) is 21.8 Å². The first-order chi connectivity index (χ1) is 9.01. The highest BCUT2D eigenvalue weighted by Crippen LogP contribution is 2.41. The van der Waals surface area contributed by atoms with Gasteiger partial charge in [0.25, 0.3) is 0 Å². The Labute approximate surface area is 114 Å². The zero-order valence-corrected chi connectivity index (χ0v) is 12.6. The Hall–Kier alpha value is -1.04.